The zero-order valence-electron chi connectivity index (χ0n) is 15.3. The first kappa shape index (κ1) is 16.1. The molecule has 0 atom stereocenters. The van der Waals surface area contributed by atoms with Gasteiger partial charge in [0.25, 0.3) is 0 Å². The molecule has 0 radical (unpaired) electrons. The monoisotopic (exact) mass is 380 g/mol. The first-order chi connectivity index (χ1) is 14.3. The molecule has 0 spiro atoms. The Morgan fingerprint density at radius 2 is 1.03 bits per heavy atom. The van der Waals surface area contributed by atoms with E-state index in [0.29, 0.717) is 0 Å². The van der Waals surface area contributed by atoms with Crippen LogP contribution < -0.4 is 11.4 Å². The van der Waals surface area contributed by atoms with Gasteiger partial charge in [-0.1, -0.05) is 78.9 Å². The largest absolute Gasteiger partial charge is 0.369 e. The van der Waals surface area contributed by atoms with E-state index in [1.165, 1.54) is 6.21 Å². The topological polar surface area (TPSA) is 61.3 Å². The molecule has 0 saturated heterocycles. The average molecular weight is 380 g/mol. The molecule has 4 aromatic rings. The number of rotatable bonds is 2. The summed E-state index contributed by atoms with van der Waals surface area (Å²) in [6.07, 6.45) is 1.54. The van der Waals surface area contributed by atoms with E-state index in [0.717, 1.165) is 32.5 Å². The van der Waals surface area contributed by atoms with Crippen LogP contribution in [0.5, 0.6) is 0 Å². The molecule has 3 heterocycles. The highest BCUT2D eigenvalue weighted by Gasteiger charge is 2.44. The van der Waals surface area contributed by atoms with Crippen LogP contribution in [0, 0.1) is 0 Å². The van der Waals surface area contributed by atoms with Crippen LogP contribution in [0.15, 0.2) is 93.6 Å². The van der Waals surface area contributed by atoms with Gasteiger partial charge in [-0.25, -0.2) is 19.0 Å². The molecule has 0 fully saturated rings. The van der Waals surface area contributed by atoms with Crippen LogP contribution >= 0.6 is 0 Å². The third-order valence-corrected chi connectivity index (χ3v) is 5.77. The number of hydrogen-bond acceptors (Lipinski definition) is 3. The standard InChI is InChI=1S/C23H16N4O2/c28-22-25(24-14-15-8-2-1-3-9-15)23(29)27-21-17-11-5-4-10-16(17)20(26(22)27)18-12-6-7-13-19(18)21/h1-14,20-21H/b24-14+. The summed E-state index contributed by atoms with van der Waals surface area (Å²) < 4.78 is 4.07. The Labute approximate surface area is 165 Å². The fraction of sp³-hybridized carbons (Fsp3) is 0.0870. The lowest BCUT2D eigenvalue weighted by Crippen LogP contribution is -2.44. The predicted octanol–water partition coefficient (Wildman–Crippen LogP) is 2.60. The summed E-state index contributed by atoms with van der Waals surface area (Å²) in [5.74, 6) is 0. The first-order valence-electron chi connectivity index (χ1n) is 9.49. The van der Waals surface area contributed by atoms with Gasteiger partial charge in [0.15, 0.2) is 0 Å². The summed E-state index contributed by atoms with van der Waals surface area (Å²) in [6, 6.07) is 24.8. The SMILES string of the molecule is O=c1n(/N=C/c2ccccc2)c(=O)n2n1C1c3ccccc3C2c2ccccc21. The molecular weight excluding hydrogens is 364 g/mol. The minimum Gasteiger partial charge on any atom is -0.244 e. The molecule has 0 unspecified atom stereocenters. The van der Waals surface area contributed by atoms with Crippen molar-refractivity contribution in [1.82, 2.24) is 14.0 Å². The molecule has 140 valence electrons. The van der Waals surface area contributed by atoms with E-state index in [2.05, 4.69) is 5.10 Å². The fourth-order valence-electron chi connectivity index (χ4n) is 4.57. The molecular formula is C23H16N4O2. The number of hydrogen-bond donors (Lipinski definition) is 0. The van der Waals surface area contributed by atoms with Crippen LogP contribution in [-0.2, 0) is 0 Å². The van der Waals surface area contributed by atoms with Crippen molar-refractivity contribution in [3.05, 3.63) is 128 Å². The molecule has 3 aliphatic rings. The van der Waals surface area contributed by atoms with E-state index < -0.39 is 11.4 Å². The van der Waals surface area contributed by atoms with Crippen molar-refractivity contribution in [3.8, 4) is 0 Å². The number of benzene rings is 3. The second-order valence-corrected chi connectivity index (χ2v) is 7.28. The lowest BCUT2D eigenvalue weighted by molar-refractivity contribution is 0.350. The molecule has 1 aliphatic carbocycles. The van der Waals surface area contributed by atoms with Crippen molar-refractivity contribution in [2.24, 2.45) is 5.10 Å². The van der Waals surface area contributed by atoms with E-state index in [4.69, 9.17) is 0 Å². The maximum atomic E-state index is 13.3. The van der Waals surface area contributed by atoms with Crippen molar-refractivity contribution in [3.63, 3.8) is 0 Å². The predicted molar refractivity (Wildman–Crippen MR) is 110 cm³/mol. The Hall–Kier alpha value is -3.93. The third kappa shape index (κ3) is 2.08. The Bertz CT molecular complexity index is 1280. The van der Waals surface area contributed by atoms with Gasteiger partial charge in [0, 0.05) is 0 Å². The summed E-state index contributed by atoms with van der Waals surface area (Å²) in [6.45, 7) is 0. The molecule has 6 heteroatoms. The van der Waals surface area contributed by atoms with E-state index in [9.17, 15) is 9.59 Å². The second kappa shape index (κ2) is 5.78. The smallest absolute Gasteiger partial charge is 0.244 e. The fourth-order valence-corrected chi connectivity index (χ4v) is 4.57. The minimum absolute atomic E-state index is 0.333. The van der Waals surface area contributed by atoms with Gasteiger partial charge in [-0.05, 0) is 27.8 Å². The molecule has 2 bridgehead atoms. The summed E-state index contributed by atoms with van der Waals surface area (Å²) in [7, 11) is 0. The Kier molecular flexibility index (Phi) is 3.20. The summed E-state index contributed by atoms with van der Waals surface area (Å²) in [5.41, 5.74) is 4.19. The van der Waals surface area contributed by atoms with E-state index in [1.54, 1.807) is 9.36 Å². The van der Waals surface area contributed by atoms with Crippen LogP contribution in [0.3, 0.4) is 0 Å². The van der Waals surface area contributed by atoms with Gasteiger partial charge in [0.05, 0.1) is 6.21 Å². The van der Waals surface area contributed by atoms with Crippen LogP contribution in [0.1, 0.15) is 39.9 Å². The Morgan fingerprint density at radius 3 is 1.48 bits per heavy atom. The van der Waals surface area contributed by atoms with E-state index in [-0.39, 0.29) is 12.1 Å². The lowest BCUT2D eigenvalue weighted by Gasteiger charge is -2.41. The summed E-state index contributed by atoms with van der Waals surface area (Å²) in [4.78, 5) is 26.5. The third-order valence-electron chi connectivity index (χ3n) is 5.77. The van der Waals surface area contributed by atoms with E-state index >= 15 is 0 Å². The molecule has 1 aromatic heterocycles. The molecule has 0 N–H and O–H groups in total. The first-order valence-corrected chi connectivity index (χ1v) is 9.49. The van der Waals surface area contributed by atoms with Crippen molar-refractivity contribution >= 4 is 6.21 Å². The van der Waals surface area contributed by atoms with Gasteiger partial charge in [-0.15, -0.1) is 4.68 Å². The zero-order valence-corrected chi connectivity index (χ0v) is 15.3. The molecule has 29 heavy (non-hydrogen) atoms. The average Bonchev–Trinajstić information content (AvgIpc) is 3.03. The summed E-state index contributed by atoms with van der Waals surface area (Å²) in [5, 5.41) is 4.23. The van der Waals surface area contributed by atoms with E-state index in [1.807, 2.05) is 78.9 Å². The second-order valence-electron chi connectivity index (χ2n) is 7.28. The van der Waals surface area contributed by atoms with Gasteiger partial charge < -0.3 is 0 Å². The quantitative estimate of drug-likeness (QED) is 0.434. The van der Waals surface area contributed by atoms with Crippen LogP contribution in [0.25, 0.3) is 0 Å². The van der Waals surface area contributed by atoms with Crippen molar-refractivity contribution in [2.45, 2.75) is 12.1 Å². The van der Waals surface area contributed by atoms with Crippen LogP contribution in [0.2, 0.25) is 0 Å². The van der Waals surface area contributed by atoms with Crippen LogP contribution in [0.4, 0.5) is 0 Å². The molecule has 3 aromatic carbocycles. The molecule has 7 rings (SSSR count). The molecule has 0 saturated carbocycles. The highest BCUT2D eigenvalue weighted by atomic mass is 16.2. The zero-order chi connectivity index (χ0) is 19.5. The normalized spacial score (nSPS) is 18.5. The van der Waals surface area contributed by atoms with Gasteiger partial charge in [0.2, 0.25) is 0 Å². The highest BCUT2D eigenvalue weighted by Crippen LogP contribution is 2.47. The molecule has 2 aliphatic heterocycles. The number of aromatic nitrogens is 3. The van der Waals surface area contributed by atoms with Gasteiger partial charge in [0.1, 0.15) is 12.1 Å². The maximum absolute atomic E-state index is 13.3. The molecule has 6 nitrogen and oxygen atoms in total. The van der Waals surface area contributed by atoms with Gasteiger partial charge in [-0.3, -0.25) is 0 Å². The Balaban J connectivity index is 1.61. The minimum atomic E-state index is -0.429. The van der Waals surface area contributed by atoms with Crippen LogP contribution in [-0.4, -0.2) is 20.3 Å². The molecule has 0 amide bonds. The van der Waals surface area contributed by atoms with Crippen molar-refractivity contribution < 1.29 is 0 Å². The Morgan fingerprint density at radius 1 is 0.621 bits per heavy atom. The van der Waals surface area contributed by atoms with Gasteiger partial charge >= 0.3 is 11.4 Å². The van der Waals surface area contributed by atoms with Crippen molar-refractivity contribution in [1.29, 1.82) is 0 Å². The highest BCUT2D eigenvalue weighted by molar-refractivity contribution is 5.79. The van der Waals surface area contributed by atoms with Crippen molar-refractivity contribution in [2.75, 3.05) is 0 Å². The maximum Gasteiger partial charge on any atom is 0.369 e. The number of nitrogens with zero attached hydrogens (tertiary/aromatic N) is 4. The lowest BCUT2D eigenvalue weighted by atomic mass is 9.78. The summed E-state index contributed by atoms with van der Waals surface area (Å²) >= 11 is 0. The van der Waals surface area contributed by atoms with Gasteiger partial charge in [-0.2, -0.15) is 5.10 Å².